The molecule has 2 N–H and O–H groups in total. The van der Waals surface area contributed by atoms with Gasteiger partial charge >= 0.3 is 0 Å². The van der Waals surface area contributed by atoms with Crippen LogP contribution in [0.5, 0.6) is 11.5 Å². The molecule has 0 aromatic heterocycles. The van der Waals surface area contributed by atoms with Crippen LogP contribution in [0.1, 0.15) is 63.0 Å². The summed E-state index contributed by atoms with van der Waals surface area (Å²) < 4.78 is 12.2. The molecule has 150 valence electrons. The van der Waals surface area contributed by atoms with Crippen molar-refractivity contribution in [2.24, 2.45) is 0 Å². The van der Waals surface area contributed by atoms with Crippen molar-refractivity contribution in [1.82, 2.24) is 0 Å². The molecule has 0 radical (unpaired) electrons. The Balaban J connectivity index is 2.39. The Morgan fingerprint density at radius 2 is 1.43 bits per heavy atom. The molecule has 0 unspecified atom stereocenters. The molecule has 0 bridgehead atoms. The number of anilines is 1. The third-order valence-corrected chi connectivity index (χ3v) is 3.75. The molecule has 0 heterocycles. The van der Waals surface area contributed by atoms with E-state index in [0.29, 0.717) is 17.0 Å². The Hall–Kier alpha value is -2.75. The van der Waals surface area contributed by atoms with E-state index in [4.69, 9.17) is 15.2 Å². The predicted octanol–water partition coefficient (Wildman–Crippen LogP) is 5.83. The highest BCUT2D eigenvalue weighted by molar-refractivity contribution is 6.07. The number of allylic oxidation sites excluding steroid dienone is 1. The zero-order valence-corrected chi connectivity index (χ0v) is 17.9. The van der Waals surface area contributed by atoms with Crippen LogP contribution in [-0.2, 0) is 0 Å². The van der Waals surface area contributed by atoms with Gasteiger partial charge in [-0.1, -0.05) is 0 Å². The number of hydrogen-bond acceptors (Lipinski definition) is 4. The van der Waals surface area contributed by atoms with Gasteiger partial charge in [0.25, 0.3) is 0 Å². The molecule has 2 aromatic rings. The van der Waals surface area contributed by atoms with E-state index in [2.05, 4.69) is 0 Å². The van der Waals surface area contributed by atoms with Crippen molar-refractivity contribution in [2.75, 3.05) is 5.73 Å². The van der Waals surface area contributed by atoms with Gasteiger partial charge in [-0.15, -0.1) is 0 Å². The molecule has 0 aliphatic carbocycles. The SMILES string of the molecule is Cc1cc(C=CC(=O)c2ccc(N)cc2)c(OC(C)(C)C)cc1OC(C)(C)C. The number of benzene rings is 2. The number of rotatable bonds is 5. The van der Waals surface area contributed by atoms with Crippen LogP contribution in [0.2, 0.25) is 0 Å². The lowest BCUT2D eigenvalue weighted by Gasteiger charge is -2.26. The molecule has 2 aromatic carbocycles. The smallest absolute Gasteiger partial charge is 0.185 e. The monoisotopic (exact) mass is 381 g/mol. The lowest BCUT2D eigenvalue weighted by Crippen LogP contribution is -2.25. The number of nitrogens with two attached hydrogens (primary N) is 1. The average molecular weight is 382 g/mol. The fourth-order valence-electron chi connectivity index (χ4n) is 2.59. The third-order valence-electron chi connectivity index (χ3n) is 3.75. The lowest BCUT2D eigenvalue weighted by molar-refractivity contribution is 0.104. The third kappa shape index (κ3) is 6.45. The van der Waals surface area contributed by atoms with Gasteiger partial charge in [-0.2, -0.15) is 0 Å². The van der Waals surface area contributed by atoms with Crippen LogP contribution in [-0.4, -0.2) is 17.0 Å². The summed E-state index contributed by atoms with van der Waals surface area (Å²) in [6.07, 6.45) is 3.34. The van der Waals surface area contributed by atoms with E-state index >= 15 is 0 Å². The Morgan fingerprint density at radius 3 is 1.96 bits per heavy atom. The zero-order valence-electron chi connectivity index (χ0n) is 17.9. The maximum Gasteiger partial charge on any atom is 0.185 e. The Kier molecular flexibility index (Phi) is 6.23. The van der Waals surface area contributed by atoms with E-state index in [1.54, 1.807) is 36.4 Å². The van der Waals surface area contributed by atoms with E-state index in [1.165, 1.54) is 0 Å². The molecule has 4 nitrogen and oxygen atoms in total. The summed E-state index contributed by atoms with van der Waals surface area (Å²) in [4.78, 5) is 12.5. The van der Waals surface area contributed by atoms with Crippen LogP contribution in [0.3, 0.4) is 0 Å². The molecule has 0 saturated heterocycles. The van der Waals surface area contributed by atoms with E-state index in [-0.39, 0.29) is 17.0 Å². The summed E-state index contributed by atoms with van der Waals surface area (Å²) in [6, 6.07) is 10.8. The largest absolute Gasteiger partial charge is 0.488 e. The number of carbonyl (C=O) groups excluding carboxylic acids is 1. The number of carbonyl (C=O) groups is 1. The molecule has 0 aliphatic rings. The van der Waals surface area contributed by atoms with Crippen molar-refractivity contribution < 1.29 is 14.3 Å². The molecule has 4 heteroatoms. The summed E-state index contributed by atoms with van der Waals surface area (Å²) in [5.41, 5.74) is 8.03. The fraction of sp³-hybridized carbons (Fsp3) is 0.375. The lowest BCUT2D eigenvalue weighted by atomic mass is 10.0. The predicted molar refractivity (Wildman–Crippen MR) is 116 cm³/mol. The first-order chi connectivity index (χ1) is 12.8. The van der Waals surface area contributed by atoms with Crippen molar-refractivity contribution in [1.29, 1.82) is 0 Å². The molecule has 0 aliphatic heterocycles. The fourth-order valence-corrected chi connectivity index (χ4v) is 2.59. The van der Waals surface area contributed by atoms with Crippen molar-refractivity contribution in [2.45, 2.75) is 59.7 Å². The minimum Gasteiger partial charge on any atom is -0.488 e. The van der Waals surface area contributed by atoms with Gasteiger partial charge in [-0.3, -0.25) is 4.79 Å². The highest BCUT2D eigenvalue weighted by Gasteiger charge is 2.19. The van der Waals surface area contributed by atoms with Gasteiger partial charge in [-0.25, -0.2) is 0 Å². The maximum absolute atomic E-state index is 12.5. The molecule has 28 heavy (non-hydrogen) atoms. The Morgan fingerprint density at radius 1 is 0.893 bits per heavy atom. The standard InChI is InChI=1S/C24H31NO3/c1-16-14-18(10-13-20(26)17-8-11-19(25)12-9-17)22(28-24(5,6)7)15-21(16)27-23(2,3)4/h8-15H,25H2,1-7H3. The molecule has 0 amide bonds. The highest BCUT2D eigenvalue weighted by atomic mass is 16.5. The molecule has 2 rings (SSSR count). The van der Waals surface area contributed by atoms with Crippen LogP contribution in [0, 0.1) is 6.92 Å². The summed E-state index contributed by atoms with van der Waals surface area (Å²) in [5.74, 6) is 1.36. The summed E-state index contributed by atoms with van der Waals surface area (Å²) in [6.45, 7) is 14.0. The first-order valence-corrected chi connectivity index (χ1v) is 9.45. The second kappa shape index (κ2) is 8.09. The van der Waals surface area contributed by atoms with Gasteiger partial charge < -0.3 is 15.2 Å². The molecular formula is C24H31NO3. The minimum absolute atomic E-state index is 0.0885. The topological polar surface area (TPSA) is 61.6 Å². The first-order valence-electron chi connectivity index (χ1n) is 9.45. The number of ketones is 1. The highest BCUT2D eigenvalue weighted by Crippen LogP contribution is 2.34. The number of nitrogen functional groups attached to an aromatic ring is 1. The van der Waals surface area contributed by atoms with E-state index in [9.17, 15) is 4.79 Å². The van der Waals surface area contributed by atoms with Crippen LogP contribution < -0.4 is 15.2 Å². The minimum atomic E-state index is -0.377. The van der Waals surface area contributed by atoms with Gasteiger partial charge in [-0.05, 0) is 96.5 Å². The quantitative estimate of drug-likeness (QED) is 0.402. The van der Waals surface area contributed by atoms with Gasteiger partial charge in [0.2, 0.25) is 0 Å². The van der Waals surface area contributed by atoms with Crippen molar-refractivity contribution in [3.63, 3.8) is 0 Å². The van der Waals surface area contributed by atoms with Crippen LogP contribution in [0.25, 0.3) is 6.08 Å². The van der Waals surface area contributed by atoms with E-state index in [0.717, 1.165) is 16.9 Å². The van der Waals surface area contributed by atoms with Gasteiger partial charge in [0.05, 0.1) is 0 Å². The molecule has 0 atom stereocenters. The first kappa shape index (κ1) is 21.5. The summed E-state index contributed by atoms with van der Waals surface area (Å²) >= 11 is 0. The summed E-state index contributed by atoms with van der Waals surface area (Å²) in [5, 5.41) is 0. The van der Waals surface area contributed by atoms with Crippen LogP contribution in [0.4, 0.5) is 5.69 Å². The molecule has 0 fully saturated rings. The Labute approximate surface area is 168 Å². The molecule has 0 saturated carbocycles. The van der Waals surface area contributed by atoms with Crippen LogP contribution >= 0.6 is 0 Å². The Bertz CT molecular complexity index is 866. The molecule has 0 spiro atoms. The van der Waals surface area contributed by atoms with Crippen LogP contribution in [0.15, 0.2) is 42.5 Å². The van der Waals surface area contributed by atoms with Crippen molar-refractivity contribution >= 4 is 17.5 Å². The number of ether oxygens (including phenoxy) is 2. The maximum atomic E-state index is 12.5. The second-order valence-electron chi connectivity index (χ2n) is 8.90. The number of aryl methyl sites for hydroxylation is 1. The summed E-state index contributed by atoms with van der Waals surface area (Å²) in [7, 11) is 0. The average Bonchev–Trinajstić information content (AvgIpc) is 2.54. The van der Waals surface area contributed by atoms with Gasteiger partial charge in [0, 0.05) is 22.9 Å². The zero-order chi connectivity index (χ0) is 21.1. The van der Waals surface area contributed by atoms with E-state index < -0.39 is 0 Å². The van der Waals surface area contributed by atoms with Crippen molar-refractivity contribution in [3.05, 3.63) is 59.2 Å². The van der Waals surface area contributed by atoms with Crippen molar-refractivity contribution in [3.8, 4) is 11.5 Å². The normalized spacial score (nSPS) is 12.2. The second-order valence-corrected chi connectivity index (χ2v) is 8.90. The van der Waals surface area contributed by atoms with Gasteiger partial charge in [0.15, 0.2) is 5.78 Å². The molecular weight excluding hydrogens is 350 g/mol. The number of hydrogen-bond donors (Lipinski definition) is 1. The van der Waals surface area contributed by atoms with E-state index in [1.807, 2.05) is 60.6 Å². The van der Waals surface area contributed by atoms with Gasteiger partial charge in [0.1, 0.15) is 22.7 Å².